The fourth-order valence-corrected chi connectivity index (χ4v) is 3.43. The summed E-state index contributed by atoms with van der Waals surface area (Å²) in [4.78, 5) is 12.8. The van der Waals surface area contributed by atoms with E-state index in [9.17, 15) is 13.2 Å². The van der Waals surface area contributed by atoms with Crippen LogP contribution in [0.5, 0.6) is 0 Å². The van der Waals surface area contributed by atoms with E-state index >= 15 is 0 Å². The van der Waals surface area contributed by atoms with Crippen LogP contribution < -0.4 is 10.0 Å². The molecule has 6 heteroatoms. The monoisotopic (exact) mass is 332 g/mol. The van der Waals surface area contributed by atoms with Crippen molar-refractivity contribution in [1.82, 2.24) is 10.0 Å². The quantitative estimate of drug-likeness (QED) is 0.872. The average Bonchev–Trinajstić information content (AvgIpc) is 2.52. The third kappa shape index (κ3) is 3.60. The van der Waals surface area contributed by atoms with Gasteiger partial charge in [0.25, 0.3) is 0 Å². The first-order valence-corrected chi connectivity index (χ1v) is 9.02. The Morgan fingerprint density at radius 1 is 0.957 bits per heavy atom. The number of nitrogens with one attached hydrogen (secondary N) is 2. The molecule has 0 bridgehead atoms. The molecule has 0 spiro atoms. The van der Waals surface area contributed by atoms with Gasteiger partial charge in [0.1, 0.15) is 0 Å². The van der Waals surface area contributed by atoms with Crippen molar-refractivity contribution in [2.75, 3.05) is 13.3 Å². The molecule has 5 nitrogen and oxygen atoms in total. The number of likely N-dealkylation sites (N-methyl/N-ethyl adjacent to an activating group) is 1. The Kier molecular flexibility index (Phi) is 4.87. The number of rotatable bonds is 5. The maximum atomic E-state index is 12.8. The number of hydrogen-bond acceptors (Lipinski definition) is 3. The van der Waals surface area contributed by atoms with Crippen molar-refractivity contribution in [2.24, 2.45) is 0 Å². The van der Waals surface area contributed by atoms with Gasteiger partial charge in [-0.15, -0.1) is 0 Å². The van der Waals surface area contributed by atoms with Gasteiger partial charge in [-0.05, 0) is 18.1 Å². The zero-order valence-electron chi connectivity index (χ0n) is 13.3. The normalized spacial score (nSPS) is 14.0. The van der Waals surface area contributed by atoms with Crippen molar-refractivity contribution in [3.05, 3.63) is 71.3 Å². The van der Waals surface area contributed by atoms with E-state index in [1.165, 1.54) is 7.05 Å². The first-order valence-electron chi connectivity index (χ1n) is 7.13. The fourth-order valence-electron chi connectivity index (χ4n) is 2.55. The van der Waals surface area contributed by atoms with Crippen molar-refractivity contribution >= 4 is 15.9 Å². The van der Waals surface area contributed by atoms with E-state index < -0.39 is 21.5 Å². The molecule has 1 atom stereocenters. The molecule has 0 saturated heterocycles. The predicted octanol–water partition coefficient (Wildman–Crippen LogP) is 1.53. The van der Waals surface area contributed by atoms with Gasteiger partial charge in [0.15, 0.2) is 5.54 Å². The largest absolute Gasteiger partial charge is 0.357 e. The van der Waals surface area contributed by atoms with Crippen molar-refractivity contribution < 1.29 is 13.2 Å². The molecule has 2 aromatic carbocycles. The predicted molar refractivity (Wildman–Crippen MR) is 90.4 cm³/mol. The van der Waals surface area contributed by atoms with Crippen molar-refractivity contribution in [3.8, 4) is 0 Å². The van der Waals surface area contributed by atoms with E-state index in [0.717, 1.165) is 11.8 Å². The summed E-state index contributed by atoms with van der Waals surface area (Å²) in [5.74, 6) is -0.446. The van der Waals surface area contributed by atoms with Gasteiger partial charge in [0, 0.05) is 7.05 Å². The lowest BCUT2D eigenvalue weighted by Crippen LogP contribution is -2.56. The Bertz CT molecular complexity index is 786. The molecule has 122 valence electrons. The molecule has 0 saturated carbocycles. The van der Waals surface area contributed by atoms with Crippen LogP contribution >= 0.6 is 0 Å². The molecule has 2 N–H and O–H groups in total. The topological polar surface area (TPSA) is 75.3 Å². The highest BCUT2D eigenvalue weighted by atomic mass is 32.2. The smallest absolute Gasteiger partial charge is 0.250 e. The molecule has 0 aromatic heterocycles. The van der Waals surface area contributed by atoms with Crippen LogP contribution in [-0.2, 0) is 20.4 Å². The number of aryl methyl sites for hydroxylation is 1. The molecule has 0 fully saturated rings. The molecule has 1 amide bonds. The molecule has 2 aromatic rings. The maximum Gasteiger partial charge on any atom is 0.250 e. The highest BCUT2D eigenvalue weighted by Crippen LogP contribution is 2.31. The van der Waals surface area contributed by atoms with Crippen molar-refractivity contribution in [3.63, 3.8) is 0 Å². The van der Waals surface area contributed by atoms with Crippen LogP contribution in [0.2, 0.25) is 0 Å². The third-order valence-electron chi connectivity index (χ3n) is 3.60. The summed E-state index contributed by atoms with van der Waals surface area (Å²) in [6, 6.07) is 16.0. The molecular formula is C17H20N2O3S. The highest BCUT2D eigenvalue weighted by Gasteiger charge is 2.43. The summed E-state index contributed by atoms with van der Waals surface area (Å²) in [5.41, 5.74) is 0.608. The lowest BCUT2D eigenvalue weighted by atomic mass is 9.82. The minimum Gasteiger partial charge on any atom is -0.357 e. The van der Waals surface area contributed by atoms with Gasteiger partial charge in [-0.2, -0.15) is 4.72 Å². The standard InChI is InChI=1S/C17H20N2O3S/c1-13-9-11-15(12-10-13)17(16(20)18-2,19-23(3,21)22)14-7-5-4-6-8-14/h4-12,19H,1-3H3,(H,18,20). The summed E-state index contributed by atoms with van der Waals surface area (Å²) in [6.45, 7) is 1.93. The minimum atomic E-state index is -3.65. The molecule has 0 aliphatic heterocycles. The second kappa shape index (κ2) is 6.52. The van der Waals surface area contributed by atoms with Gasteiger partial charge in [-0.25, -0.2) is 8.42 Å². The SMILES string of the molecule is CNC(=O)C(NS(C)(=O)=O)(c1ccccc1)c1ccc(C)cc1. The Morgan fingerprint density at radius 2 is 1.48 bits per heavy atom. The van der Waals surface area contributed by atoms with E-state index in [-0.39, 0.29) is 0 Å². The first-order chi connectivity index (χ1) is 10.8. The van der Waals surface area contributed by atoms with Crippen LogP contribution in [0, 0.1) is 6.92 Å². The maximum absolute atomic E-state index is 12.8. The summed E-state index contributed by atoms with van der Waals surface area (Å²) in [6.07, 6.45) is 1.04. The van der Waals surface area contributed by atoms with Gasteiger partial charge < -0.3 is 5.32 Å². The molecular weight excluding hydrogens is 312 g/mol. The minimum absolute atomic E-state index is 0.446. The second-order valence-electron chi connectivity index (χ2n) is 5.44. The van der Waals surface area contributed by atoms with Crippen molar-refractivity contribution in [1.29, 1.82) is 0 Å². The number of carbonyl (C=O) groups is 1. The van der Waals surface area contributed by atoms with Gasteiger partial charge in [0.2, 0.25) is 15.9 Å². The Balaban J connectivity index is 2.78. The first kappa shape index (κ1) is 17.2. The molecule has 0 aliphatic carbocycles. The van der Waals surface area contributed by atoms with Crippen LogP contribution in [0.15, 0.2) is 54.6 Å². The van der Waals surface area contributed by atoms with Crippen LogP contribution in [-0.4, -0.2) is 27.6 Å². The Labute approximate surface area is 136 Å². The summed E-state index contributed by atoms with van der Waals surface area (Å²) in [5, 5.41) is 2.57. The van der Waals surface area contributed by atoms with Crippen LogP contribution in [0.3, 0.4) is 0 Å². The number of amides is 1. The van der Waals surface area contributed by atoms with Crippen LogP contribution in [0.4, 0.5) is 0 Å². The van der Waals surface area contributed by atoms with E-state index in [4.69, 9.17) is 0 Å². The molecule has 0 heterocycles. The van der Waals surface area contributed by atoms with Gasteiger partial charge in [-0.1, -0.05) is 60.2 Å². The summed E-state index contributed by atoms with van der Waals surface area (Å²) < 4.78 is 26.5. The molecule has 0 radical (unpaired) electrons. The number of carbonyl (C=O) groups excluding carboxylic acids is 1. The van der Waals surface area contributed by atoms with Gasteiger partial charge >= 0.3 is 0 Å². The zero-order valence-corrected chi connectivity index (χ0v) is 14.1. The lowest BCUT2D eigenvalue weighted by Gasteiger charge is -2.33. The van der Waals surface area contributed by atoms with Crippen LogP contribution in [0.1, 0.15) is 16.7 Å². The highest BCUT2D eigenvalue weighted by molar-refractivity contribution is 7.88. The summed E-state index contributed by atoms with van der Waals surface area (Å²) in [7, 11) is -2.17. The van der Waals surface area contributed by atoms with Crippen molar-refractivity contribution in [2.45, 2.75) is 12.5 Å². The Morgan fingerprint density at radius 3 is 1.96 bits per heavy atom. The number of sulfonamides is 1. The lowest BCUT2D eigenvalue weighted by molar-refractivity contribution is -0.125. The number of hydrogen-bond donors (Lipinski definition) is 2. The molecule has 1 unspecified atom stereocenters. The van der Waals surface area contributed by atoms with E-state index in [1.807, 2.05) is 25.1 Å². The molecule has 0 aliphatic rings. The number of benzene rings is 2. The average molecular weight is 332 g/mol. The fraction of sp³-hybridized carbons (Fsp3) is 0.235. The summed E-state index contributed by atoms with van der Waals surface area (Å²) >= 11 is 0. The van der Waals surface area contributed by atoms with Gasteiger partial charge in [-0.3, -0.25) is 4.79 Å². The third-order valence-corrected chi connectivity index (χ3v) is 4.27. The molecule has 2 rings (SSSR count). The van der Waals surface area contributed by atoms with E-state index in [1.54, 1.807) is 36.4 Å². The van der Waals surface area contributed by atoms with E-state index in [2.05, 4.69) is 10.0 Å². The van der Waals surface area contributed by atoms with Crippen LogP contribution in [0.25, 0.3) is 0 Å². The van der Waals surface area contributed by atoms with E-state index in [0.29, 0.717) is 11.1 Å². The van der Waals surface area contributed by atoms with Gasteiger partial charge in [0.05, 0.1) is 6.26 Å². The molecule has 23 heavy (non-hydrogen) atoms. The second-order valence-corrected chi connectivity index (χ2v) is 7.18. The zero-order chi connectivity index (χ0) is 17.1. The Hall–Kier alpha value is -2.18.